The lowest BCUT2D eigenvalue weighted by atomic mass is 10.2. The zero-order valence-corrected chi connectivity index (χ0v) is 14.3. The van der Waals surface area contributed by atoms with Gasteiger partial charge in [0.2, 0.25) is 0 Å². The van der Waals surface area contributed by atoms with Crippen molar-refractivity contribution < 1.29 is 9.47 Å². The van der Waals surface area contributed by atoms with E-state index >= 15 is 0 Å². The molecule has 0 spiro atoms. The van der Waals surface area contributed by atoms with Crippen LogP contribution in [0.15, 0.2) is 47.6 Å². The molecule has 2 aromatic carbocycles. The second kappa shape index (κ2) is 8.44. The van der Waals surface area contributed by atoms with Crippen molar-refractivity contribution in [1.82, 2.24) is 0 Å². The minimum atomic E-state index is 0.511. The second-order valence-electron chi connectivity index (χ2n) is 5.49. The molecule has 0 unspecified atom stereocenters. The minimum Gasteiger partial charge on any atom is -0.495 e. The second-order valence-corrected chi connectivity index (χ2v) is 5.90. The van der Waals surface area contributed by atoms with Crippen molar-refractivity contribution >= 4 is 23.5 Å². The molecule has 0 saturated carbocycles. The van der Waals surface area contributed by atoms with Gasteiger partial charge in [-0.15, -0.1) is 0 Å². The molecule has 23 heavy (non-hydrogen) atoms. The van der Waals surface area contributed by atoms with Gasteiger partial charge in [-0.3, -0.25) is 5.43 Å². The fourth-order valence-corrected chi connectivity index (χ4v) is 2.09. The van der Waals surface area contributed by atoms with Gasteiger partial charge in [0, 0.05) is 0 Å². The van der Waals surface area contributed by atoms with Gasteiger partial charge in [0.25, 0.3) is 0 Å². The van der Waals surface area contributed by atoms with Crippen LogP contribution in [0.4, 0.5) is 5.69 Å². The van der Waals surface area contributed by atoms with E-state index in [9.17, 15) is 0 Å². The molecule has 0 heterocycles. The molecule has 0 fully saturated rings. The lowest BCUT2D eigenvalue weighted by Gasteiger charge is -2.08. The van der Waals surface area contributed by atoms with Crippen molar-refractivity contribution in [2.24, 2.45) is 11.0 Å². The van der Waals surface area contributed by atoms with Crippen molar-refractivity contribution in [3.05, 3.63) is 53.1 Å². The summed E-state index contributed by atoms with van der Waals surface area (Å²) in [5.74, 6) is 2.01. The van der Waals surface area contributed by atoms with Gasteiger partial charge in [-0.05, 0) is 53.9 Å². The first kappa shape index (κ1) is 17.2. The molecule has 0 amide bonds. The maximum absolute atomic E-state index is 6.06. The molecule has 0 aromatic heterocycles. The zero-order valence-electron chi connectivity index (χ0n) is 13.5. The summed E-state index contributed by atoms with van der Waals surface area (Å²) in [6.45, 7) is 4.96. The molecule has 5 heteroatoms. The Morgan fingerprint density at radius 1 is 1.17 bits per heavy atom. The van der Waals surface area contributed by atoms with Crippen LogP contribution < -0.4 is 14.9 Å². The van der Waals surface area contributed by atoms with Crippen molar-refractivity contribution in [3.8, 4) is 11.5 Å². The van der Waals surface area contributed by atoms with Crippen LogP contribution in [-0.2, 0) is 0 Å². The van der Waals surface area contributed by atoms with Crippen LogP contribution in [0.2, 0.25) is 5.02 Å². The third kappa shape index (κ3) is 5.49. The molecule has 0 radical (unpaired) electrons. The summed E-state index contributed by atoms with van der Waals surface area (Å²) in [7, 11) is 1.58. The maximum Gasteiger partial charge on any atom is 0.137 e. The molecule has 2 aromatic rings. The average Bonchev–Trinajstić information content (AvgIpc) is 2.54. The average molecular weight is 333 g/mol. The highest BCUT2D eigenvalue weighted by molar-refractivity contribution is 6.32. The maximum atomic E-state index is 6.06. The van der Waals surface area contributed by atoms with Crippen LogP contribution in [0.25, 0.3) is 0 Å². The number of nitrogens with zero attached hydrogens (tertiary/aromatic N) is 1. The summed E-state index contributed by atoms with van der Waals surface area (Å²) in [5, 5.41) is 4.74. The van der Waals surface area contributed by atoms with Crippen LogP contribution in [0.3, 0.4) is 0 Å². The van der Waals surface area contributed by atoms with Crippen LogP contribution in [0.5, 0.6) is 11.5 Å². The van der Waals surface area contributed by atoms with Gasteiger partial charge in [0.05, 0.1) is 30.6 Å². The Balaban J connectivity index is 1.91. The molecule has 0 aliphatic rings. The van der Waals surface area contributed by atoms with E-state index in [2.05, 4.69) is 24.4 Å². The number of methoxy groups -OCH3 is 1. The fraction of sp³-hybridized carbons (Fsp3) is 0.278. The number of rotatable bonds is 7. The van der Waals surface area contributed by atoms with Crippen molar-refractivity contribution in [2.75, 3.05) is 19.1 Å². The molecule has 4 nitrogen and oxygen atoms in total. The molecule has 0 bridgehead atoms. The molecule has 1 N–H and O–H groups in total. The molecule has 2 rings (SSSR count). The number of hydrogen-bond acceptors (Lipinski definition) is 4. The third-order valence-corrected chi connectivity index (χ3v) is 3.32. The SMILES string of the molecule is COc1ccc(N/N=C/c2ccc(OCC(C)C)cc2)cc1Cl. The van der Waals surface area contributed by atoms with Crippen LogP contribution in [0.1, 0.15) is 19.4 Å². The number of benzene rings is 2. The van der Waals surface area contributed by atoms with Gasteiger partial charge >= 0.3 is 0 Å². The third-order valence-electron chi connectivity index (χ3n) is 3.02. The quantitative estimate of drug-likeness (QED) is 0.583. The van der Waals surface area contributed by atoms with Crippen LogP contribution in [0, 0.1) is 5.92 Å². The number of anilines is 1. The number of nitrogens with one attached hydrogen (secondary N) is 1. The van der Waals surface area contributed by atoms with E-state index in [1.54, 1.807) is 25.5 Å². The summed E-state index contributed by atoms with van der Waals surface area (Å²) >= 11 is 6.06. The summed E-state index contributed by atoms with van der Waals surface area (Å²) in [6.07, 6.45) is 1.74. The fourth-order valence-electron chi connectivity index (χ4n) is 1.83. The number of hydrazone groups is 1. The summed E-state index contributed by atoms with van der Waals surface area (Å²) in [5.41, 5.74) is 4.71. The normalized spacial score (nSPS) is 11.0. The first-order chi connectivity index (χ1) is 11.1. The van der Waals surface area contributed by atoms with E-state index in [1.807, 2.05) is 30.3 Å². The predicted molar refractivity (Wildman–Crippen MR) is 96.0 cm³/mol. The summed E-state index contributed by atoms with van der Waals surface area (Å²) in [6, 6.07) is 13.2. The molecule has 0 atom stereocenters. The monoisotopic (exact) mass is 332 g/mol. The Bertz CT molecular complexity index is 655. The molecule has 0 aliphatic carbocycles. The first-order valence-electron chi connectivity index (χ1n) is 7.44. The van der Waals surface area contributed by atoms with Crippen molar-refractivity contribution in [3.63, 3.8) is 0 Å². The molecular formula is C18H21ClN2O2. The lowest BCUT2D eigenvalue weighted by molar-refractivity contribution is 0.271. The standard InChI is InChI=1S/C18H21ClN2O2/c1-13(2)12-23-16-7-4-14(5-8-16)11-20-21-15-6-9-18(22-3)17(19)10-15/h4-11,13,21H,12H2,1-3H3/b20-11+. The van der Waals surface area contributed by atoms with E-state index < -0.39 is 0 Å². The topological polar surface area (TPSA) is 42.8 Å². The molecule has 122 valence electrons. The highest BCUT2D eigenvalue weighted by Crippen LogP contribution is 2.27. The molecular weight excluding hydrogens is 312 g/mol. The predicted octanol–water partition coefficient (Wildman–Crippen LogP) is 4.83. The van der Waals surface area contributed by atoms with Crippen LogP contribution >= 0.6 is 11.6 Å². The van der Waals surface area contributed by atoms with Gasteiger partial charge < -0.3 is 9.47 Å². The lowest BCUT2D eigenvalue weighted by Crippen LogP contribution is -2.04. The van der Waals surface area contributed by atoms with E-state index in [-0.39, 0.29) is 0 Å². The first-order valence-corrected chi connectivity index (χ1v) is 7.81. The van der Waals surface area contributed by atoms with E-state index in [4.69, 9.17) is 21.1 Å². The van der Waals surface area contributed by atoms with Crippen molar-refractivity contribution in [2.45, 2.75) is 13.8 Å². The van der Waals surface area contributed by atoms with E-state index in [0.717, 1.165) is 17.0 Å². The Kier molecular flexibility index (Phi) is 6.29. The number of halogens is 1. The van der Waals surface area contributed by atoms with Gasteiger partial charge in [-0.25, -0.2) is 0 Å². The van der Waals surface area contributed by atoms with Gasteiger partial charge in [-0.2, -0.15) is 5.10 Å². The minimum absolute atomic E-state index is 0.511. The van der Waals surface area contributed by atoms with Gasteiger partial charge in [0.15, 0.2) is 0 Å². The van der Waals surface area contributed by atoms with Crippen molar-refractivity contribution in [1.29, 1.82) is 0 Å². The van der Waals surface area contributed by atoms with Gasteiger partial charge in [-0.1, -0.05) is 25.4 Å². The molecule has 0 aliphatic heterocycles. The largest absolute Gasteiger partial charge is 0.495 e. The zero-order chi connectivity index (χ0) is 16.7. The van der Waals surface area contributed by atoms with Crippen LogP contribution in [-0.4, -0.2) is 19.9 Å². The smallest absolute Gasteiger partial charge is 0.137 e. The highest BCUT2D eigenvalue weighted by Gasteiger charge is 2.00. The highest BCUT2D eigenvalue weighted by atomic mass is 35.5. The Hall–Kier alpha value is -2.20. The van der Waals surface area contributed by atoms with E-state index in [1.165, 1.54) is 0 Å². The number of ether oxygens (including phenoxy) is 2. The van der Waals surface area contributed by atoms with E-state index in [0.29, 0.717) is 23.3 Å². The Morgan fingerprint density at radius 2 is 1.91 bits per heavy atom. The number of hydrogen-bond donors (Lipinski definition) is 1. The Morgan fingerprint density at radius 3 is 2.52 bits per heavy atom. The Labute approximate surface area is 142 Å². The van der Waals surface area contributed by atoms with Gasteiger partial charge in [0.1, 0.15) is 11.5 Å². The molecule has 0 saturated heterocycles. The summed E-state index contributed by atoms with van der Waals surface area (Å²) in [4.78, 5) is 0. The summed E-state index contributed by atoms with van der Waals surface area (Å²) < 4.78 is 10.8.